The molecule has 0 aliphatic carbocycles. The maximum Gasteiger partial charge on any atom is 0.179 e. The second-order valence-corrected chi connectivity index (χ2v) is 4.68. The van der Waals surface area contributed by atoms with E-state index in [9.17, 15) is 0 Å². The minimum atomic E-state index is 0.108. The van der Waals surface area contributed by atoms with E-state index < -0.39 is 0 Å². The van der Waals surface area contributed by atoms with E-state index in [4.69, 9.17) is 26.2 Å². The molecule has 0 spiro atoms. The highest BCUT2D eigenvalue weighted by molar-refractivity contribution is 6.32. The Morgan fingerprint density at radius 2 is 2.17 bits per heavy atom. The smallest absolute Gasteiger partial charge is 0.179 e. The average molecular weight is 272 g/mol. The number of fused-ring (bicyclic) bond motifs is 1. The number of aliphatic hydroxyl groups excluding tert-OH is 1. The van der Waals surface area contributed by atoms with Crippen molar-refractivity contribution in [3.8, 4) is 11.5 Å². The molecule has 2 rings (SSSR count). The Labute approximate surface area is 112 Å². The van der Waals surface area contributed by atoms with Gasteiger partial charge in [0.15, 0.2) is 11.5 Å². The molecule has 1 aliphatic rings. The van der Waals surface area contributed by atoms with Gasteiger partial charge in [-0.3, -0.25) is 0 Å². The fourth-order valence-electron chi connectivity index (χ4n) is 1.87. The van der Waals surface area contributed by atoms with Crippen molar-refractivity contribution in [1.82, 2.24) is 5.32 Å². The zero-order chi connectivity index (χ0) is 13.0. The Kier molecular flexibility index (Phi) is 4.69. The molecule has 0 unspecified atom stereocenters. The molecule has 0 fully saturated rings. The van der Waals surface area contributed by atoms with Crippen LogP contribution in [0.1, 0.15) is 18.9 Å². The van der Waals surface area contributed by atoms with Crippen LogP contribution >= 0.6 is 11.6 Å². The van der Waals surface area contributed by atoms with Gasteiger partial charge in [0, 0.05) is 12.6 Å². The van der Waals surface area contributed by atoms with Crippen LogP contribution in [0.3, 0.4) is 0 Å². The standard InChI is InChI=1S/C13H18ClNO3/c1-2-10(8-16)15-7-9-5-11(14)13-12(6-9)17-3-4-18-13/h5-6,10,15-16H,2-4,7-8H2,1H3/t10-/m0/s1. The lowest BCUT2D eigenvalue weighted by molar-refractivity contribution is 0.171. The molecule has 5 heteroatoms. The minimum Gasteiger partial charge on any atom is -0.486 e. The first-order valence-corrected chi connectivity index (χ1v) is 6.54. The van der Waals surface area contributed by atoms with Crippen LogP contribution in [0, 0.1) is 0 Å². The SMILES string of the molecule is CC[C@@H](CO)NCc1cc(Cl)c2c(c1)OCCO2. The summed E-state index contributed by atoms with van der Waals surface area (Å²) in [5, 5.41) is 13.0. The van der Waals surface area contributed by atoms with Crippen molar-refractivity contribution < 1.29 is 14.6 Å². The summed E-state index contributed by atoms with van der Waals surface area (Å²) < 4.78 is 11.0. The lowest BCUT2D eigenvalue weighted by Crippen LogP contribution is -2.31. The minimum absolute atomic E-state index is 0.108. The van der Waals surface area contributed by atoms with Crippen molar-refractivity contribution in [3.63, 3.8) is 0 Å². The maximum absolute atomic E-state index is 9.12. The zero-order valence-electron chi connectivity index (χ0n) is 10.4. The van der Waals surface area contributed by atoms with Crippen LogP contribution in [0.2, 0.25) is 5.02 Å². The molecule has 18 heavy (non-hydrogen) atoms. The Hall–Kier alpha value is -0.970. The van der Waals surface area contributed by atoms with E-state index in [-0.39, 0.29) is 12.6 Å². The van der Waals surface area contributed by atoms with Crippen LogP contribution in [-0.4, -0.2) is 31.0 Å². The Morgan fingerprint density at radius 3 is 2.89 bits per heavy atom. The fraction of sp³-hybridized carbons (Fsp3) is 0.538. The lowest BCUT2D eigenvalue weighted by atomic mass is 10.1. The second-order valence-electron chi connectivity index (χ2n) is 4.27. The summed E-state index contributed by atoms with van der Waals surface area (Å²) in [4.78, 5) is 0. The number of aliphatic hydroxyl groups is 1. The first-order valence-electron chi connectivity index (χ1n) is 6.16. The van der Waals surface area contributed by atoms with E-state index in [0.717, 1.165) is 12.0 Å². The molecule has 1 heterocycles. The molecule has 0 aromatic heterocycles. The normalized spacial score (nSPS) is 15.5. The topological polar surface area (TPSA) is 50.7 Å². The van der Waals surface area contributed by atoms with Crippen molar-refractivity contribution in [3.05, 3.63) is 22.7 Å². The molecule has 0 radical (unpaired) electrons. The highest BCUT2D eigenvalue weighted by Gasteiger charge is 2.16. The quantitative estimate of drug-likeness (QED) is 0.860. The summed E-state index contributed by atoms with van der Waals surface area (Å²) in [6.07, 6.45) is 0.884. The van der Waals surface area contributed by atoms with Gasteiger partial charge in [-0.2, -0.15) is 0 Å². The molecule has 0 saturated heterocycles. The molecule has 0 amide bonds. The zero-order valence-corrected chi connectivity index (χ0v) is 11.2. The molecule has 100 valence electrons. The number of hydrogen-bond acceptors (Lipinski definition) is 4. The lowest BCUT2D eigenvalue weighted by Gasteiger charge is -2.21. The van der Waals surface area contributed by atoms with Gasteiger partial charge in [0.2, 0.25) is 0 Å². The highest BCUT2D eigenvalue weighted by Crippen LogP contribution is 2.38. The fourth-order valence-corrected chi connectivity index (χ4v) is 2.15. The number of rotatable bonds is 5. The first kappa shape index (κ1) is 13.5. The van der Waals surface area contributed by atoms with E-state index in [2.05, 4.69) is 5.32 Å². The predicted octanol–water partition coefficient (Wildman–Crippen LogP) is 1.97. The van der Waals surface area contributed by atoms with Crippen LogP contribution in [0.5, 0.6) is 11.5 Å². The van der Waals surface area contributed by atoms with Gasteiger partial charge in [-0.15, -0.1) is 0 Å². The van der Waals surface area contributed by atoms with Gasteiger partial charge in [-0.05, 0) is 24.1 Å². The molecule has 0 bridgehead atoms. The Balaban J connectivity index is 2.07. The number of nitrogens with one attached hydrogen (secondary N) is 1. The van der Waals surface area contributed by atoms with Crippen molar-refractivity contribution in [2.75, 3.05) is 19.8 Å². The largest absolute Gasteiger partial charge is 0.486 e. The molecular weight excluding hydrogens is 254 g/mol. The number of hydrogen-bond donors (Lipinski definition) is 2. The van der Waals surface area contributed by atoms with Gasteiger partial charge in [-0.25, -0.2) is 0 Å². The molecule has 4 nitrogen and oxygen atoms in total. The van der Waals surface area contributed by atoms with Crippen molar-refractivity contribution >= 4 is 11.6 Å². The van der Waals surface area contributed by atoms with E-state index in [1.165, 1.54) is 0 Å². The third kappa shape index (κ3) is 3.07. The van der Waals surface area contributed by atoms with Crippen LogP contribution < -0.4 is 14.8 Å². The molecular formula is C13H18ClNO3. The summed E-state index contributed by atoms with van der Waals surface area (Å²) in [5.74, 6) is 1.32. The summed E-state index contributed by atoms with van der Waals surface area (Å²) in [7, 11) is 0. The second kappa shape index (κ2) is 6.27. The maximum atomic E-state index is 9.12. The third-order valence-corrected chi connectivity index (χ3v) is 3.25. The van der Waals surface area contributed by atoms with Crippen LogP contribution in [-0.2, 0) is 6.54 Å². The molecule has 1 aromatic carbocycles. The molecule has 1 aliphatic heterocycles. The van der Waals surface area contributed by atoms with E-state index in [0.29, 0.717) is 36.3 Å². The summed E-state index contributed by atoms with van der Waals surface area (Å²) in [6, 6.07) is 3.90. The summed E-state index contributed by atoms with van der Waals surface area (Å²) in [5.41, 5.74) is 1.02. The van der Waals surface area contributed by atoms with E-state index in [1.807, 2.05) is 19.1 Å². The Bertz CT molecular complexity index is 407. The highest BCUT2D eigenvalue weighted by atomic mass is 35.5. The third-order valence-electron chi connectivity index (χ3n) is 2.96. The average Bonchev–Trinajstić information content (AvgIpc) is 2.40. The van der Waals surface area contributed by atoms with Gasteiger partial charge in [-0.1, -0.05) is 18.5 Å². The molecule has 1 atom stereocenters. The van der Waals surface area contributed by atoms with Gasteiger partial charge >= 0.3 is 0 Å². The van der Waals surface area contributed by atoms with Gasteiger partial charge in [0.05, 0.1) is 11.6 Å². The van der Waals surface area contributed by atoms with Crippen LogP contribution in [0.15, 0.2) is 12.1 Å². The summed E-state index contributed by atoms with van der Waals surface area (Å²) in [6.45, 7) is 3.90. The van der Waals surface area contributed by atoms with Gasteiger partial charge in [0.1, 0.15) is 13.2 Å². The number of ether oxygens (including phenoxy) is 2. The van der Waals surface area contributed by atoms with E-state index >= 15 is 0 Å². The van der Waals surface area contributed by atoms with Crippen LogP contribution in [0.25, 0.3) is 0 Å². The number of benzene rings is 1. The monoisotopic (exact) mass is 271 g/mol. The van der Waals surface area contributed by atoms with Crippen molar-refractivity contribution in [2.45, 2.75) is 25.9 Å². The van der Waals surface area contributed by atoms with E-state index in [1.54, 1.807) is 0 Å². The van der Waals surface area contributed by atoms with Gasteiger partial charge < -0.3 is 19.9 Å². The van der Waals surface area contributed by atoms with Crippen LogP contribution in [0.4, 0.5) is 0 Å². The predicted molar refractivity (Wildman–Crippen MR) is 70.4 cm³/mol. The molecule has 0 saturated carbocycles. The molecule has 2 N–H and O–H groups in total. The van der Waals surface area contributed by atoms with Gasteiger partial charge in [0.25, 0.3) is 0 Å². The van der Waals surface area contributed by atoms with Crippen molar-refractivity contribution in [1.29, 1.82) is 0 Å². The summed E-state index contributed by atoms with van der Waals surface area (Å²) >= 11 is 6.15. The molecule has 1 aromatic rings. The Morgan fingerprint density at radius 1 is 1.39 bits per heavy atom. The van der Waals surface area contributed by atoms with Crippen molar-refractivity contribution in [2.24, 2.45) is 0 Å². The number of halogens is 1. The first-order chi connectivity index (χ1) is 8.74.